The van der Waals surface area contributed by atoms with Crippen LogP contribution >= 0.6 is 11.6 Å². The van der Waals surface area contributed by atoms with Gasteiger partial charge in [-0.2, -0.15) is 0 Å². The van der Waals surface area contributed by atoms with Gasteiger partial charge in [0.05, 0.1) is 12.0 Å². The Hall–Kier alpha value is -1.51. The standard InChI is InChI=1S/C16H18ClNO/c17-11-15(19)12-18-16-9-5-4-8-14(16)10-13-6-2-1-3-7-13/h1-9,15,18-19H,10-12H2. The number of aliphatic hydroxyl groups is 1. The molecule has 0 aromatic heterocycles. The minimum atomic E-state index is -0.522. The van der Waals surface area contributed by atoms with Crippen molar-refractivity contribution in [1.82, 2.24) is 0 Å². The molecule has 1 unspecified atom stereocenters. The van der Waals surface area contributed by atoms with E-state index in [9.17, 15) is 5.11 Å². The number of hydrogen-bond donors (Lipinski definition) is 2. The Morgan fingerprint density at radius 3 is 2.42 bits per heavy atom. The van der Waals surface area contributed by atoms with Gasteiger partial charge in [0.2, 0.25) is 0 Å². The third-order valence-electron chi connectivity index (χ3n) is 2.96. The summed E-state index contributed by atoms with van der Waals surface area (Å²) in [5.74, 6) is 0.244. The Bertz CT molecular complexity index is 501. The van der Waals surface area contributed by atoms with E-state index in [0.29, 0.717) is 6.54 Å². The molecule has 100 valence electrons. The summed E-state index contributed by atoms with van der Waals surface area (Å²) < 4.78 is 0. The van der Waals surface area contributed by atoms with Crippen LogP contribution in [0.1, 0.15) is 11.1 Å². The molecule has 2 nitrogen and oxygen atoms in total. The monoisotopic (exact) mass is 275 g/mol. The Kier molecular flexibility index (Phi) is 5.25. The fourth-order valence-corrected chi connectivity index (χ4v) is 2.05. The topological polar surface area (TPSA) is 32.3 Å². The van der Waals surface area contributed by atoms with Gasteiger partial charge in [-0.1, -0.05) is 48.5 Å². The lowest BCUT2D eigenvalue weighted by molar-refractivity contribution is 0.211. The number of halogens is 1. The van der Waals surface area contributed by atoms with Crippen molar-refractivity contribution in [3.8, 4) is 0 Å². The second-order valence-electron chi connectivity index (χ2n) is 4.51. The summed E-state index contributed by atoms with van der Waals surface area (Å²) in [6, 6.07) is 18.5. The van der Waals surface area contributed by atoms with Crippen molar-refractivity contribution in [1.29, 1.82) is 0 Å². The first kappa shape index (κ1) is 13.9. The molecule has 0 aliphatic rings. The third-order valence-corrected chi connectivity index (χ3v) is 3.32. The molecule has 2 rings (SSSR count). The Morgan fingerprint density at radius 1 is 1.00 bits per heavy atom. The van der Waals surface area contributed by atoms with Crippen molar-refractivity contribution in [2.75, 3.05) is 17.7 Å². The minimum Gasteiger partial charge on any atom is -0.390 e. The van der Waals surface area contributed by atoms with Crippen LogP contribution in [-0.4, -0.2) is 23.6 Å². The first-order chi connectivity index (χ1) is 9.29. The first-order valence-corrected chi connectivity index (χ1v) is 6.93. The van der Waals surface area contributed by atoms with Gasteiger partial charge >= 0.3 is 0 Å². The smallest absolute Gasteiger partial charge is 0.0847 e. The number of nitrogens with one attached hydrogen (secondary N) is 1. The van der Waals surface area contributed by atoms with Crippen molar-refractivity contribution < 1.29 is 5.11 Å². The minimum absolute atomic E-state index is 0.244. The van der Waals surface area contributed by atoms with Crippen LogP contribution in [0.5, 0.6) is 0 Å². The molecular formula is C16H18ClNO. The number of hydrogen-bond acceptors (Lipinski definition) is 2. The van der Waals surface area contributed by atoms with Crippen LogP contribution in [-0.2, 0) is 6.42 Å². The fourth-order valence-electron chi connectivity index (χ4n) is 1.95. The molecule has 3 heteroatoms. The summed E-state index contributed by atoms with van der Waals surface area (Å²) in [7, 11) is 0. The highest BCUT2D eigenvalue weighted by atomic mass is 35.5. The molecule has 2 aromatic carbocycles. The largest absolute Gasteiger partial charge is 0.390 e. The summed E-state index contributed by atoms with van der Waals surface area (Å²) >= 11 is 5.60. The molecule has 0 aliphatic carbocycles. The lowest BCUT2D eigenvalue weighted by Gasteiger charge is -2.14. The second-order valence-corrected chi connectivity index (χ2v) is 4.82. The number of para-hydroxylation sites is 1. The zero-order valence-electron chi connectivity index (χ0n) is 10.7. The average Bonchev–Trinajstić information content (AvgIpc) is 2.47. The van der Waals surface area contributed by atoms with E-state index in [0.717, 1.165) is 12.1 Å². The number of aliphatic hydroxyl groups excluding tert-OH is 1. The van der Waals surface area contributed by atoms with Gasteiger partial charge in [-0.15, -0.1) is 11.6 Å². The van der Waals surface area contributed by atoms with Gasteiger partial charge in [-0.25, -0.2) is 0 Å². The summed E-state index contributed by atoms with van der Waals surface area (Å²) in [5.41, 5.74) is 3.54. The van der Waals surface area contributed by atoms with E-state index in [-0.39, 0.29) is 5.88 Å². The molecule has 0 bridgehead atoms. The molecule has 0 spiro atoms. The van der Waals surface area contributed by atoms with Crippen LogP contribution in [0.25, 0.3) is 0 Å². The van der Waals surface area contributed by atoms with Crippen LogP contribution in [0, 0.1) is 0 Å². The zero-order valence-corrected chi connectivity index (χ0v) is 11.5. The molecule has 0 saturated heterocycles. The number of alkyl halides is 1. The maximum absolute atomic E-state index is 9.51. The molecule has 1 atom stereocenters. The molecule has 0 aliphatic heterocycles. The molecule has 0 amide bonds. The molecular weight excluding hydrogens is 258 g/mol. The Morgan fingerprint density at radius 2 is 1.68 bits per heavy atom. The normalized spacial score (nSPS) is 12.1. The van der Waals surface area contributed by atoms with Crippen LogP contribution in [0.3, 0.4) is 0 Å². The van der Waals surface area contributed by atoms with Crippen molar-refractivity contribution in [2.45, 2.75) is 12.5 Å². The Balaban J connectivity index is 2.08. The van der Waals surface area contributed by atoms with Crippen LogP contribution in [0.15, 0.2) is 54.6 Å². The quantitative estimate of drug-likeness (QED) is 0.793. The van der Waals surface area contributed by atoms with E-state index in [1.54, 1.807) is 0 Å². The van der Waals surface area contributed by atoms with Gasteiger partial charge in [0.1, 0.15) is 0 Å². The zero-order chi connectivity index (χ0) is 13.5. The molecule has 2 N–H and O–H groups in total. The Labute approximate surface area is 119 Å². The van der Waals surface area contributed by atoms with Gasteiger partial charge in [-0.3, -0.25) is 0 Å². The molecule has 0 fully saturated rings. The molecule has 0 saturated carbocycles. The van der Waals surface area contributed by atoms with Crippen molar-refractivity contribution in [2.24, 2.45) is 0 Å². The maximum atomic E-state index is 9.51. The number of anilines is 1. The van der Waals surface area contributed by atoms with Gasteiger partial charge in [0.25, 0.3) is 0 Å². The molecule has 2 aromatic rings. The maximum Gasteiger partial charge on any atom is 0.0847 e. The lowest BCUT2D eigenvalue weighted by Crippen LogP contribution is -2.21. The molecule has 0 heterocycles. The molecule has 0 radical (unpaired) electrons. The SMILES string of the molecule is OC(CCl)CNc1ccccc1Cc1ccccc1. The van der Waals surface area contributed by atoms with Crippen LogP contribution < -0.4 is 5.32 Å². The van der Waals surface area contributed by atoms with E-state index in [1.807, 2.05) is 36.4 Å². The predicted molar refractivity (Wildman–Crippen MR) is 80.9 cm³/mol. The van der Waals surface area contributed by atoms with E-state index >= 15 is 0 Å². The first-order valence-electron chi connectivity index (χ1n) is 6.39. The van der Waals surface area contributed by atoms with Gasteiger partial charge < -0.3 is 10.4 Å². The lowest BCUT2D eigenvalue weighted by atomic mass is 10.0. The summed E-state index contributed by atoms with van der Waals surface area (Å²) in [6.07, 6.45) is 0.354. The van der Waals surface area contributed by atoms with E-state index < -0.39 is 6.10 Å². The predicted octanol–water partition coefficient (Wildman–Crippen LogP) is 3.29. The van der Waals surface area contributed by atoms with Crippen molar-refractivity contribution in [3.63, 3.8) is 0 Å². The van der Waals surface area contributed by atoms with Crippen molar-refractivity contribution in [3.05, 3.63) is 65.7 Å². The fraction of sp³-hybridized carbons (Fsp3) is 0.250. The average molecular weight is 276 g/mol. The van der Waals surface area contributed by atoms with Gasteiger partial charge in [-0.05, 0) is 23.6 Å². The highest BCUT2D eigenvalue weighted by Crippen LogP contribution is 2.19. The number of benzene rings is 2. The van der Waals surface area contributed by atoms with Gasteiger partial charge in [0, 0.05) is 12.2 Å². The van der Waals surface area contributed by atoms with E-state index in [1.165, 1.54) is 11.1 Å². The summed E-state index contributed by atoms with van der Waals surface area (Å²) in [5, 5.41) is 12.8. The summed E-state index contributed by atoms with van der Waals surface area (Å²) in [4.78, 5) is 0. The third kappa shape index (κ3) is 4.27. The number of rotatable bonds is 6. The van der Waals surface area contributed by atoms with E-state index in [2.05, 4.69) is 23.5 Å². The van der Waals surface area contributed by atoms with Crippen LogP contribution in [0.4, 0.5) is 5.69 Å². The summed E-state index contributed by atoms with van der Waals surface area (Å²) in [6.45, 7) is 0.468. The van der Waals surface area contributed by atoms with Gasteiger partial charge in [0.15, 0.2) is 0 Å². The molecule has 19 heavy (non-hydrogen) atoms. The highest BCUT2D eigenvalue weighted by Gasteiger charge is 2.05. The van der Waals surface area contributed by atoms with Crippen molar-refractivity contribution >= 4 is 17.3 Å². The van der Waals surface area contributed by atoms with Crippen LogP contribution in [0.2, 0.25) is 0 Å². The second kappa shape index (κ2) is 7.17. The van der Waals surface area contributed by atoms with E-state index in [4.69, 9.17) is 11.6 Å². The highest BCUT2D eigenvalue weighted by molar-refractivity contribution is 6.18.